The molecule has 1 fully saturated rings. The van der Waals surface area contributed by atoms with Crippen molar-refractivity contribution in [1.29, 1.82) is 0 Å². The molecule has 2 aromatic rings. The number of rotatable bonds is 4. The lowest BCUT2D eigenvalue weighted by Gasteiger charge is -2.03. The smallest absolute Gasteiger partial charge is 0.136 e. The van der Waals surface area contributed by atoms with E-state index >= 15 is 0 Å². The minimum absolute atomic E-state index is 0.570. The SMILES string of the molecule is Cc1ccc2cc(C=CCNC3CC3)c(Cl)nc2c1. The molecule has 0 spiro atoms. The molecule has 1 aliphatic rings. The molecule has 3 rings (SSSR count). The Hall–Kier alpha value is -1.38. The van der Waals surface area contributed by atoms with Gasteiger partial charge >= 0.3 is 0 Å². The van der Waals surface area contributed by atoms with Gasteiger partial charge in [0.1, 0.15) is 5.15 Å². The highest BCUT2D eigenvalue weighted by Gasteiger charge is 2.18. The Bertz CT molecular complexity index is 630. The second-order valence-electron chi connectivity index (χ2n) is 5.15. The number of pyridine rings is 1. The average molecular weight is 273 g/mol. The van der Waals surface area contributed by atoms with Gasteiger partial charge in [0.25, 0.3) is 0 Å². The van der Waals surface area contributed by atoms with E-state index in [-0.39, 0.29) is 0 Å². The number of nitrogens with zero attached hydrogens (tertiary/aromatic N) is 1. The fourth-order valence-electron chi connectivity index (χ4n) is 2.09. The molecule has 0 saturated heterocycles. The lowest BCUT2D eigenvalue weighted by molar-refractivity contribution is 0.754. The summed E-state index contributed by atoms with van der Waals surface area (Å²) in [7, 11) is 0. The van der Waals surface area contributed by atoms with Gasteiger partial charge < -0.3 is 5.32 Å². The molecule has 1 aromatic carbocycles. The molecule has 0 atom stereocenters. The van der Waals surface area contributed by atoms with Crippen LogP contribution in [0.1, 0.15) is 24.0 Å². The van der Waals surface area contributed by atoms with E-state index in [2.05, 4.69) is 47.6 Å². The number of fused-ring (bicyclic) bond motifs is 1. The monoisotopic (exact) mass is 272 g/mol. The van der Waals surface area contributed by atoms with E-state index in [4.69, 9.17) is 11.6 Å². The van der Waals surface area contributed by atoms with Crippen LogP contribution < -0.4 is 5.32 Å². The van der Waals surface area contributed by atoms with Crippen molar-refractivity contribution in [3.63, 3.8) is 0 Å². The van der Waals surface area contributed by atoms with E-state index < -0.39 is 0 Å². The van der Waals surface area contributed by atoms with Crippen LogP contribution in [0.15, 0.2) is 30.3 Å². The molecule has 3 heteroatoms. The molecule has 0 unspecified atom stereocenters. The van der Waals surface area contributed by atoms with E-state index in [1.807, 2.05) is 6.08 Å². The van der Waals surface area contributed by atoms with Crippen molar-refractivity contribution in [3.8, 4) is 0 Å². The van der Waals surface area contributed by atoms with Crippen molar-refractivity contribution in [2.24, 2.45) is 0 Å². The molecule has 0 aliphatic heterocycles. The van der Waals surface area contributed by atoms with E-state index in [1.54, 1.807) is 0 Å². The van der Waals surface area contributed by atoms with Crippen LogP contribution in [0.3, 0.4) is 0 Å². The molecule has 0 radical (unpaired) electrons. The number of aryl methyl sites for hydroxylation is 1. The molecule has 1 saturated carbocycles. The fraction of sp³-hybridized carbons (Fsp3) is 0.312. The predicted octanol–water partition coefficient (Wildman–Crippen LogP) is 3.96. The van der Waals surface area contributed by atoms with Crippen molar-refractivity contribution in [3.05, 3.63) is 46.6 Å². The molecule has 0 bridgehead atoms. The quantitative estimate of drug-likeness (QED) is 0.852. The van der Waals surface area contributed by atoms with Gasteiger partial charge in [-0.2, -0.15) is 0 Å². The molecule has 98 valence electrons. The zero-order valence-electron chi connectivity index (χ0n) is 11.0. The van der Waals surface area contributed by atoms with Gasteiger partial charge in [0.05, 0.1) is 5.52 Å². The average Bonchev–Trinajstić information content (AvgIpc) is 3.19. The van der Waals surface area contributed by atoms with Gasteiger partial charge in [-0.3, -0.25) is 0 Å². The molecular formula is C16H17ClN2. The van der Waals surface area contributed by atoms with Crippen LogP contribution >= 0.6 is 11.6 Å². The highest BCUT2D eigenvalue weighted by Crippen LogP contribution is 2.22. The van der Waals surface area contributed by atoms with Crippen LogP contribution in [0, 0.1) is 6.92 Å². The number of hydrogen-bond acceptors (Lipinski definition) is 2. The maximum Gasteiger partial charge on any atom is 0.136 e. The van der Waals surface area contributed by atoms with Gasteiger partial charge in [-0.25, -0.2) is 4.98 Å². The van der Waals surface area contributed by atoms with Crippen LogP contribution in [0.4, 0.5) is 0 Å². The summed E-state index contributed by atoms with van der Waals surface area (Å²) in [6.45, 7) is 2.96. The van der Waals surface area contributed by atoms with E-state index in [0.29, 0.717) is 5.15 Å². The van der Waals surface area contributed by atoms with Gasteiger partial charge in [0.2, 0.25) is 0 Å². The van der Waals surface area contributed by atoms with Crippen LogP contribution in [-0.2, 0) is 0 Å². The predicted molar refractivity (Wildman–Crippen MR) is 81.5 cm³/mol. The summed E-state index contributed by atoms with van der Waals surface area (Å²) in [5.41, 5.74) is 3.14. The first-order valence-electron chi connectivity index (χ1n) is 6.69. The third kappa shape index (κ3) is 3.14. The maximum absolute atomic E-state index is 6.23. The Morgan fingerprint density at radius 3 is 3.00 bits per heavy atom. The minimum atomic E-state index is 0.570. The third-order valence-electron chi connectivity index (χ3n) is 3.35. The summed E-state index contributed by atoms with van der Waals surface area (Å²) < 4.78 is 0. The van der Waals surface area contributed by atoms with E-state index in [0.717, 1.165) is 29.1 Å². The summed E-state index contributed by atoms with van der Waals surface area (Å²) in [6.07, 6.45) is 6.78. The topological polar surface area (TPSA) is 24.9 Å². The molecule has 0 amide bonds. The van der Waals surface area contributed by atoms with Gasteiger partial charge in [-0.1, -0.05) is 35.9 Å². The van der Waals surface area contributed by atoms with E-state index in [9.17, 15) is 0 Å². The number of hydrogen-bond donors (Lipinski definition) is 1. The fourth-order valence-corrected chi connectivity index (χ4v) is 2.30. The number of aromatic nitrogens is 1. The summed E-state index contributed by atoms with van der Waals surface area (Å²) in [5.74, 6) is 0. The molecular weight excluding hydrogens is 256 g/mol. The second kappa shape index (κ2) is 5.32. The molecule has 1 aromatic heterocycles. The van der Waals surface area contributed by atoms with Gasteiger partial charge in [-0.05, 0) is 37.5 Å². The molecule has 19 heavy (non-hydrogen) atoms. The Morgan fingerprint density at radius 1 is 1.37 bits per heavy atom. The first kappa shape index (κ1) is 12.6. The first-order valence-corrected chi connectivity index (χ1v) is 7.07. The Kier molecular flexibility index (Phi) is 3.54. The van der Waals surface area contributed by atoms with Crippen LogP contribution in [0.2, 0.25) is 5.15 Å². The van der Waals surface area contributed by atoms with Crippen molar-refractivity contribution < 1.29 is 0 Å². The van der Waals surface area contributed by atoms with Gasteiger partial charge in [0.15, 0.2) is 0 Å². The van der Waals surface area contributed by atoms with Crippen molar-refractivity contribution in [2.75, 3.05) is 6.54 Å². The third-order valence-corrected chi connectivity index (χ3v) is 3.66. The normalized spacial score (nSPS) is 15.5. The molecule has 1 heterocycles. The zero-order valence-corrected chi connectivity index (χ0v) is 11.7. The summed E-state index contributed by atoms with van der Waals surface area (Å²) in [6, 6.07) is 9.08. The Balaban J connectivity index is 1.81. The first-order chi connectivity index (χ1) is 9.22. The largest absolute Gasteiger partial charge is 0.311 e. The van der Waals surface area contributed by atoms with Crippen LogP contribution in [0.5, 0.6) is 0 Å². The molecule has 1 N–H and O–H groups in total. The van der Waals surface area contributed by atoms with Crippen LogP contribution in [0.25, 0.3) is 17.0 Å². The zero-order chi connectivity index (χ0) is 13.2. The second-order valence-corrected chi connectivity index (χ2v) is 5.51. The standard InChI is InChI=1S/C16H17ClN2/c1-11-4-5-12-10-13(16(17)19-15(12)9-11)3-2-8-18-14-6-7-14/h2-5,9-10,14,18H,6-8H2,1H3. The molecule has 2 nitrogen and oxygen atoms in total. The van der Waals surface area contributed by atoms with Crippen molar-refractivity contribution in [1.82, 2.24) is 10.3 Å². The lowest BCUT2D eigenvalue weighted by Crippen LogP contribution is -2.15. The van der Waals surface area contributed by atoms with Crippen molar-refractivity contribution in [2.45, 2.75) is 25.8 Å². The lowest BCUT2D eigenvalue weighted by atomic mass is 10.1. The minimum Gasteiger partial charge on any atom is -0.311 e. The van der Waals surface area contributed by atoms with Crippen LogP contribution in [-0.4, -0.2) is 17.6 Å². The maximum atomic E-state index is 6.23. The number of nitrogens with one attached hydrogen (secondary N) is 1. The van der Waals surface area contributed by atoms with Crippen molar-refractivity contribution >= 4 is 28.6 Å². The molecule has 1 aliphatic carbocycles. The number of halogens is 1. The Morgan fingerprint density at radius 2 is 2.21 bits per heavy atom. The van der Waals surface area contributed by atoms with Gasteiger partial charge in [0, 0.05) is 23.5 Å². The summed E-state index contributed by atoms with van der Waals surface area (Å²) >= 11 is 6.23. The highest BCUT2D eigenvalue weighted by molar-refractivity contribution is 6.31. The van der Waals surface area contributed by atoms with Gasteiger partial charge in [-0.15, -0.1) is 0 Å². The Labute approximate surface area is 118 Å². The van der Waals surface area contributed by atoms with E-state index in [1.165, 1.54) is 18.4 Å². The summed E-state index contributed by atoms with van der Waals surface area (Å²) in [5, 5.41) is 5.14. The highest BCUT2D eigenvalue weighted by atomic mass is 35.5. The number of benzene rings is 1. The summed E-state index contributed by atoms with van der Waals surface area (Å²) in [4.78, 5) is 4.46.